The fourth-order valence-corrected chi connectivity index (χ4v) is 4.93. The van der Waals surface area contributed by atoms with E-state index in [0.717, 1.165) is 6.26 Å². The van der Waals surface area contributed by atoms with Crippen LogP contribution in [0.5, 0.6) is 0 Å². The van der Waals surface area contributed by atoms with Gasteiger partial charge in [-0.25, -0.2) is 8.42 Å². The van der Waals surface area contributed by atoms with Crippen molar-refractivity contribution in [1.82, 2.24) is 14.5 Å². The molecule has 2 aromatic heterocycles. The highest BCUT2D eigenvalue weighted by atomic mass is 32.2. The van der Waals surface area contributed by atoms with Crippen molar-refractivity contribution in [1.29, 1.82) is 0 Å². The number of sulfone groups is 1. The summed E-state index contributed by atoms with van der Waals surface area (Å²) in [7, 11) is -2.19. The molecule has 0 bridgehead atoms. The number of hydrogen-bond donors (Lipinski definition) is 0. The summed E-state index contributed by atoms with van der Waals surface area (Å²) in [5.41, 5.74) is 0.915. The van der Waals surface area contributed by atoms with Gasteiger partial charge in [0.15, 0.2) is 14.7 Å². The summed E-state index contributed by atoms with van der Waals surface area (Å²) in [4.78, 5) is 33.1. The standard InChI is InChI=1S/C21H22N4O4S/c1-23-17-9-4-3-7-15(17)18(19(21(23)27)30(2,28)29)24-11-13-25(14-12-24)20(26)16-8-5-6-10-22-16/h3-10H,11-14H2,1-2H3. The molecule has 30 heavy (non-hydrogen) atoms. The molecular formula is C21H22N4O4S. The number of aromatic nitrogens is 2. The number of pyridine rings is 2. The molecule has 0 aliphatic carbocycles. The van der Waals surface area contributed by atoms with E-state index in [2.05, 4.69) is 4.98 Å². The lowest BCUT2D eigenvalue weighted by molar-refractivity contribution is 0.0740. The zero-order chi connectivity index (χ0) is 21.5. The molecule has 1 amide bonds. The van der Waals surface area contributed by atoms with E-state index < -0.39 is 15.4 Å². The molecule has 3 aromatic rings. The van der Waals surface area contributed by atoms with Crippen LogP contribution >= 0.6 is 0 Å². The SMILES string of the molecule is Cn1c(=O)c(S(C)(=O)=O)c(N2CCN(C(=O)c3ccccn3)CC2)c2ccccc21. The largest absolute Gasteiger partial charge is 0.366 e. The van der Waals surface area contributed by atoms with E-state index in [1.54, 1.807) is 42.4 Å². The topological polar surface area (TPSA) is 92.6 Å². The van der Waals surface area contributed by atoms with Gasteiger partial charge in [0, 0.05) is 51.1 Å². The van der Waals surface area contributed by atoms with Crippen LogP contribution in [0.2, 0.25) is 0 Å². The van der Waals surface area contributed by atoms with Gasteiger partial charge in [-0.3, -0.25) is 14.6 Å². The van der Waals surface area contributed by atoms with E-state index in [1.807, 2.05) is 23.1 Å². The Labute approximate surface area is 174 Å². The maximum atomic E-state index is 12.9. The van der Waals surface area contributed by atoms with Gasteiger partial charge in [-0.2, -0.15) is 0 Å². The number of hydrogen-bond acceptors (Lipinski definition) is 6. The summed E-state index contributed by atoms with van der Waals surface area (Å²) in [6, 6.07) is 12.4. The zero-order valence-corrected chi connectivity index (χ0v) is 17.6. The summed E-state index contributed by atoms with van der Waals surface area (Å²) in [5, 5.41) is 0.699. The molecule has 1 aromatic carbocycles. The minimum Gasteiger partial charge on any atom is -0.366 e. The highest BCUT2D eigenvalue weighted by Gasteiger charge is 2.30. The molecule has 1 fully saturated rings. The fourth-order valence-electron chi connectivity index (χ4n) is 3.88. The fraction of sp³-hybridized carbons (Fsp3) is 0.286. The average molecular weight is 426 g/mol. The van der Waals surface area contributed by atoms with Gasteiger partial charge in [-0.15, -0.1) is 0 Å². The monoisotopic (exact) mass is 426 g/mol. The highest BCUT2D eigenvalue weighted by Crippen LogP contribution is 2.32. The van der Waals surface area contributed by atoms with Crippen molar-refractivity contribution < 1.29 is 13.2 Å². The first kappa shape index (κ1) is 20.1. The van der Waals surface area contributed by atoms with E-state index in [-0.39, 0.29) is 10.8 Å². The molecule has 0 radical (unpaired) electrons. The molecule has 156 valence electrons. The number of aryl methyl sites for hydroxylation is 1. The van der Waals surface area contributed by atoms with Gasteiger partial charge in [0.1, 0.15) is 5.69 Å². The van der Waals surface area contributed by atoms with Gasteiger partial charge >= 0.3 is 0 Å². The van der Waals surface area contributed by atoms with Crippen molar-refractivity contribution in [3.63, 3.8) is 0 Å². The van der Waals surface area contributed by atoms with Crippen LogP contribution in [-0.4, -0.2) is 61.2 Å². The Morgan fingerprint density at radius 1 is 1.00 bits per heavy atom. The molecule has 1 aliphatic heterocycles. The van der Waals surface area contributed by atoms with E-state index in [9.17, 15) is 18.0 Å². The smallest absolute Gasteiger partial charge is 0.272 e. The van der Waals surface area contributed by atoms with Gasteiger partial charge in [0.25, 0.3) is 11.5 Å². The van der Waals surface area contributed by atoms with Crippen LogP contribution in [-0.2, 0) is 16.9 Å². The third kappa shape index (κ3) is 3.45. The van der Waals surface area contributed by atoms with Crippen molar-refractivity contribution in [2.75, 3.05) is 37.3 Å². The maximum absolute atomic E-state index is 12.9. The van der Waals surface area contributed by atoms with Gasteiger partial charge in [0.2, 0.25) is 0 Å². The molecule has 0 atom stereocenters. The first-order valence-corrected chi connectivity index (χ1v) is 11.4. The Morgan fingerprint density at radius 2 is 1.67 bits per heavy atom. The second-order valence-corrected chi connectivity index (χ2v) is 9.28. The van der Waals surface area contributed by atoms with Crippen LogP contribution in [0.1, 0.15) is 10.5 Å². The zero-order valence-electron chi connectivity index (χ0n) is 16.8. The number of carbonyl (C=O) groups is 1. The second-order valence-electron chi connectivity index (χ2n) is 7.33. The number of anilines is 1. The number of nitrogens with zero attached hydrogens (tertiary/aromatic N) is 4. The third-order valence-electron chi connectivity index (χ3n) is 5.37. The minimum absolute atomic E-state index is 0.160. The molecule has 0 saturated carbocycles. The predicted molar refractivity (Wildman–Crippen MR) is 115 cm³/mol. The number of piperazine rings is 1. The van der Waals surface area contributed by atoms with Crippen LogP contribution in [0.4, 0.5) is 5.69 Å². The van der Waals surface area contributed by atoms with Crippen molar-refractivity contribution in [3.05, 3.63) is 64.7 Å². The molecule has 0 unspecified atom stereocenters. The second kappa shape index (κ2) is 7.56. The Kier molecular flexibility index (Phi) is 5.07. The summed E-state index contributed by atoms with van der Waals surface area (Å²) in [5.74, 6) is -0.160. The van der Waals surface area contributed by atoms with E-state index in [0.29, 0.717) is 48.5 Å². The molecular weight excluding hydrogens is 404 g/mol. The van der Waals surface area contributed by atoms with Crippen LogP contribution in [0, 0.1) is 0 Å². The lowest BCUT2D eigenvalue weighted by Gasteiger charge is -2.37. The third-order valence-corrected chi connectivity index (χ3v) is 6.48. The maximum Gasteiger partial charge on any atom is 0.272 e. The molecule has 0 spiro atoms. The van der Waals surface area contributed by atoms with E-state index in [1.165, 1.54) is 4.57 Å². The number of carbonyl (C=O) groups excluding carboxylic acids is 1. The normalized spacial score (nSPS) is 14.9. The summed E-state index contributed by atoms with van der Waals surface area (Å²) in [6.07, 6.45) is 2.64. The predicted octanol–water partition coefficient (Wildman–Crippen LogP) is 1.30. The number of benzene rings is 1. The molecule has 8 nitrogen and oxygen atoms in total. The molecule has 0 N–H and O–H groups in total. The van der Waals surface area contributed by atoms with E-state index in [4.69, 9.17) is 0 Å². The van der Waals surface area contributed by atoms with Crippen molar-refractivity contribution in [2.45, 2.75) is 4.90 Å². The Morgan fingerprint density at radius 3 is 2.30 bits per heavy atom. The summed E-state index contributed by atoms with van der Waals surface area (Å²) >= 11 is 0. The molecule has 9 heteroatoms. The van der Waals surface area contributed by atoms with Gasteiger partial charge < -0.3 is 14.4 Å². The molecule has 1 saturated heterocycles. The average Bonchev–Trinajstić information content (AvgIpc) is 2.75. The number of rotatable bonds is 3. The number of para-hydroxylation sites is 1. The quantitative estimate of drug-likeness (QED) is 0.627. The van der Waals surface area contributed by atoms with Crippen molar-refractivity contribution in [2.24, 2.45) is 7.05 Å². The van der Waals surface area contributed by atoms with Gasteiger partial charge in [0.05, 0.1) is 11.2 Å². The number of fused-ring (bicyclic) bond motifs is 1. The highest BCUT2D eigenvalue weighted by molar-refractivity contribution is 7.90. The Bertz CT molecular complexity index is 1280. The first-order valence-electron chi connectivity index (χ1n) is 9.56. The first-order chi connectivity index (χ1) is 14.3. The van der Waals surface area contributed by atoms with Crippen LogP contribution in [0.3, 0.4) is 0 Å². The Hall–Kier alpha value is -3.20. The van der Waals surface area contributed by atoms with Gasteiger partial charge in [-0.05, 0) is 18.2 Å². The molecule has 4 rings (SSSR count). The van der Waals surface area contributed by atoms with Crippen LogP contribution < -0.4 is 10.5 Å². The van der Waals surface area contributed by atoms with Crippen molar-refractivity contribution in [3.8, 4) is 0 Å². The van der Waals surface area contributed by atoms with Crippen molar-refractivity contribution >= 4 is 32.3 Å². The number of amides is 1. The summed E-state index contributed by atoms with van der Waals surface area (Å²) in [6.45, 7) is 1.64. The minimum atomic E-state index is -3.77. The summed E-state index contributed by atoms with van der Waals surface area (Å²) < 4.78 is 26.5. The Balaban J connectivity index is 1.74. The van der Waals surface area contributed by atoms with Crippen LogP contribution in [0.15, 0.2) is 58.4 Å². The van der Waals surface area contributed by atoms with Gasteiger partial charge in [-0.1, -0.05) is 24.3 Å². The molecule has 1 aliphatic rings. The van der Waals surface area contributed by atoms with E-state index >= 15 is 0 Å². The lowest BCUT2D eigenvalue weighted by Crippen LogP contribution is -2.49. The lowest BCUT2D eigenvalue weighted by atomic mass is 10.1. The molecule has 3 heterocycles. The van der Waals surface area contributed by atoms with Crippen LogP contribution in [0.25, 0.3) is 10.9 Å².